The summed E-state index contributed by atoms with van der Waals surface area (Å²) in [6.45, 7) is 1.86. The van der Waals surface area contributed by atoms with Crippen LogP contribution in [-0.4, -0.2) is 10.9 Å². The molecule has 0 radical (unpaired) electrons. The van der Waals surface area contributed by atoms with Crippen LogP contribution in [0, 0.1) is 6.92 Å². The van der Waals surface area contributed by atoms with Crippen LogP contribution < -0.4 is 10.9 Å². The molecule has 0 saturated carbocycles. The van der Waals surface area contributed by atoms with Crippen molar-refractivity contribution in [2.75, 3.05) is 5.32 Å². The van der Waals surface area contributed by atoms with E-state index in [1.165, 1.54) is 12.1 Å². The number of hydrogen-bond donors (Lipinski definition) is 2. The van der Waals surface area contributed by atoms with E-state index in [0.717, 1.165) is 10.9 Å². The molecule has 0 fully saturated rings. The summed E-state index contributed by atoms with van der Waals surface area (Å²) in [5.74, 6) is -0.369. The first-order valence-corrected chi connectivity index (χ1v) is 7.60. The van der Waals surface area contributed by atoms with Crippen molar-refractivity contribution in [2.45, 2.75) is 6.92 Å². The van der Waals surface area contributed by atoms with Gasteiger partial charge in [0.05, 0.1) is 16.1 Å². The summed E-state index contributed by atoms with van der Waals surface area (Å²) in [6.07, 6.45) is 0. The summed E-state index contributed by atoms with van der Waals surface area (Å²) in [5.41, 5.74) is 2.19. The van der Waals surface area contributed by atoms with Crippen LogP contribution >= 0.6 is 23.2 Å². The molecule has 0 aliphatic heterocycles. The quantitative estimate of drug-likeness (QED) is 0.722. The van der Waals surface area contributed by atoms with E-state index < -0.39 is 0 Å². The lowest BCUT2D eigenvalue weighted by molar-refractivity contribution is 0.102. The minimum absolute atomic E-state index is 0.184. The Bertz CT molecular complexity index is 980. The molecule has 0 aliphatic carbocycles. The third-order valence-electron chi connectivity index (χ3n) is 3.48. The molecule has 0 unspecified atom stereocenters. The lowest BCUT2D eigenvalue weighted by Crippen LogP contribution is -2.13. The second-order valence-electron chi connectivity index (χ2n) is 5.16. The van der Waals surface area contributed by atoms with E-state index in [4.69, 9.17) is 23.2 Å². The maximum Gasteiger partial charge on any atom is 0.257 e. The van der Waals surface area contributed by atoms with Gasteiger partial charge in [-0.3, -0.25) is 9.59 Å². The van der Waals surface area contributed by atoms with Gasteiger partial charge in [-0.2, -0.15) is 0 Å². The smallest absolute Gasteiger partial charge is 0.257 e. The summed E-state index contributed by atoms with van der Waals surface area (Å²) in [6, 6.07) is 11.5. The van der Waals surface area contributed by atoms with E-state index in [-0.39, 0.29) is 17.0 Å². The van der Waals surface area contributed by atoms with Gasteiger partial charge in [-0.25, -0.2) is 0 Å². The van der Waals surface area contributed by atoms with Gasteiger partial charge in [-0.1, -0.05) is 29.3 Å². The largest absolute Gasteiger partial charge is 0.322 e. The topological polar surface area (TPSA) is 62.0 Å². The van der Waals surface area contributed by atoms with E-state index in [1.807, 2.05) is 13.0 Å². The summed E-state index contributed by atoms with van der Waals surface area (Å²) >= 11 is 11.9. The first kappa shape index (κ1) is 15.6. The van der Waals surface area contributed by atoms with E-state index in [1.54, 1.807) is 24.3 Å². The average Bonchev–Trinajstić information content (AvgIpc) is 2.49. The number of hydrogen-bond acceptors (Lipinski definition) is 2. The summed E-state index contributed by atoms with van der Waals surface area (Å²) < 4.78 is 0. The molecule has 116 valence electrons. The monoisotopic (exact) mass is 346 g/mol. The number of benzene rings is 2. The number of carbonyl (C=O) groups excluding carboxylic acids is 1. The van der Waals surface area contributed by atoms with Crippen molar-refractivity contribution in [1.29, 1.82) is 0 Å². The van der Waals surface area contributed by atoms with Crippen LogP contribution in [0.15, 0.2) is 47.3 Å². The number of nitrogens with one attached hydrogen (secondary N) is 2. The predicted octanol–water partition coefficient (Wildman–Crippen LogP) is 4.40. The van der Waals surface area contributed by atoms with Gasteiger partial charge in [0.1, 0.15) is 0 Å². The van der Waals surface area contributed by atoms with Crippen molar-refractivity contribution in [3.05, 3.63) is 74.0 Å². The number of aromatic nitrogens is 1. The van der Waals surface area contributed by atoms with Gasteiger partial charge in [0.25, 0.3) is 5.91 Å². The minimum atomic E-state index is -0.369. The van der Waals surface area contributed by atoms with Gasteiger partial charge in [0.2, 0.25) is 5.56 Å². The molecule has 0 bridgehead atoms. The van der Waals surface area contributed by atoms with Crippen molar-refractivity contribution >= 4 is 45.7 Å². The Morgan fingerprint density at radius 1 is 1.09 bits per heavy atom. The molecule has 0 atom stereocenters. The molecule has 3 rings (SSSR count). The highest BCUT2D eigenvalue weighted by molar-refractivity contribution is 6.36. The maximum absolute atomic E-state index is 12.3. The number of H-pyrrole nitrogens is 1. The highest BCUT2D eigenvalue weighted by Gasteiger charge is 2.12. The van der Waals surface area contributed by atoms with Gasteiger partial charge in [0, 0.05) is 22.2 Å². The first-order chi connectivity index (χ1) is 10.9. The first-order valence-electron chi connectivity index (χ1n) is 6.84. The third kappa shape index (κ3) is 3.23. The number of carbonyl (C=O) groups is 1. The van der Waals surface area contributed by atoms with E-state index in [9.17, 15) is 9.59 Å². The molecule has 2 N–H and O–H groups in total. The Kier molecular flexibility index (Phi) is 4.11. The summed E-state index contributed by atoms with van der Waals surface area (Å²) in [4.78, 5) is 26.6. The number of pyridine rings is 1. The molecule has 1 amide bonds. The molecule has 0 saturated heterocycles. The molecule has 4 nitrogen and oxygen atoms in total. The van der Waals surface area contributed by atoms with Gasteiger partial charge < -0.3 is 10.3 Å². The van der Waals surface area contributed by atoms with Crippen molar-refractivity contribution in [3.8, 4) is 0 Å². The van der Waals surface area contributed by atoms with Crippen LogP contribution in [0.5, 0.6) is 0 Å². The number of aromatic amines is 1. The van der Waals surface area contributed by atoms with Crippen molar-refractivity contribution in [1.82, 2.24) is 4.98 Å². The van der Waals surface area contributed by atoms with E-state index in [0.29, 0.717) is 21.2 Å². The number of amides is 1. The van der Waals surface area contributed by atoms with Crippen LogP contribution in [0.3, 0.4) is 0 Å². The van der Waals surface area contributed by atoms with Gasteiger partial charge in [0.15, 0.2) is 0 Å². The summed E-state index contributed by atoms with van der Waals surface area (Å²) in [7, 11) is 0. The Morgan fingerprint density at radius 2 is 1.87 bits per heavy atom. The molecule has 1 heterocycles. The van der Waals surface area contributed by atoms with E-state index >= 15 is 0 Å². The molecule has 0 spiro atoms. The van der Waals surface area contributed by atoms with Crippen LogP contribution in [0.4, 0.5) is 5.69 Å². The molecule has 6 heteroatoms. The lowest BCUT2D eigenvalue weighted by Gasteiger charge is -2.09. The third-order valence-corrected chi connectivity index (χ3v) is 4.05. The SMILES string of the molecule is Cc1cc(=O)[nH]c2cc(NC(=O)c3cc(Cl)ccc3Cl)ccc12. The highest BCUT2D eigenvalue weighted by atomic mass is 35.5. The lowest BCUT2D eigenvalue weighted by atomic mass is 10.1. The Labute approximate surface area is 142 Å². The number of fused-ring (bicyclic) bond motifs is 1. The molecule has 2 aromatic carbocycles. The van der Waals surface area contributed by atoms with E-state index in [2.05, 4.69) is 10.3 Å². The van der Waals surface area contributed by atoms with Crippen LogP contribution in [-0.2, 0) is 0 Å². The molecule has 1 aromatic heterocycles. The second-order valence-corrected chi connectivity index (χ2v) is 6.00. The van der Waals surface area contributed by atoms with Gasteiger partial charge >= 0.3 is 0 Å². The van der Waals surface area contributed by atoms with Crippen LogP contribution in [0.1, 0.15) is 15.9 Å². The van der Waals surface area contributed by atoms with Crippen molar-refractivity contribution in [3.63, 3.8) is 0 Å². The van der Waals surface area contributed by atoms with Crippen LogP contribution in [0.2, 0.25) is 10.0 Å². The maximum atomic E-state index is 12.3. The summed E-state index contributed by atoms with van der Waals surface area (Å²) in [5, 5.41) is 4.42. The zero-order valence-electron chi connectivity index (χ0n) is 12.1. The van der Waals surface area contributed by atoms with Crippen molar-refractivity contribution < 1.29 is 4.79 Å². The van der Waals surface area contributed by atoms with Gasteiger partial charge in [-0.05, 0) is 42.8 Å². The molecular formula is C17H12Cl2N2O2. The average molecular weight is 347 g/mol. The number of rotatable bonds is 2. The normalized spacial score (nSPS) is 10.7. The number of halogens is 2. The van der Waals surface area contributed by atoms with Gasteiger partial charge in [-0.15, -0.1) is 0 Å². The second kappa shape index (κ2) is 6.07. The Balaban J connectivity index is 1.96. The zero-order chi connectivity index (χ0) is 16.6. The van der Waals surface area contributed by atoms with Crippen molar-refractivity contribution in [2.24, 2.45) is 0 Å². The molecule has 0 aliphatic rings. The fourth-order valence-corrected chi connectivity index (χ4v) is 2.76. The Hall–Kier alpha value is -2.30. The number of anilines is 1. The zero-order valence-corrected chi connectivity index (χ0v) is 13.6. The molecule has 23 heavy (non-hydrogen) atoms. The predicted molar refractivity (Wildman–Crippen MR) is 93.7 cm³/mol. The van der Waals surface area contributed by atoms with Crippen LogP contribution in [0.25, 0.3) is 10.9 Å². The standard InChI is InChI=1S/C17H12Cl2N2O2/c1-9-6-16(22)21-15-8-11(3-4-12(9)15)20-17(23)13-7-10(18)2-5-14(13)19/h2-8H,1H3,(H,20,23)(H,21,22). The fraction of sp³-hybridized carbons (Fsp3) is 0.0588. The minimum Gasteiger partial charge on any atom is -0.322 e. The highest BCUT2D eigenvalue weighted by Crippen LogP contribution is 2.23. The molecular weight excluding hydrogens is 335 g/mol. The molecule has 3 aromatic rings. The Morgan fingerprint density at radius 3 is 2.65 bits per heavy atom. The number of aryl methyl sites for hydroxylation is 1. The fourth-order valence-electron chi connectivity index (χ4n) is 2.38.